The highest BCUT2D eigenvalue weighted by Crippen LogP contribution is 2.22. The largest absolute Gasteiger partial charge is 0.324 e. The molecule has 3 amide bonds. The fraction of sp³-hybridized carbons (Fsp3) is 0.211. The molecule has 0 radical (unpaired) electrons. The van der Waals surface area contributed by atoms with Crippen molar-refractivity contribution in [2.45, 2.75) is 18.9 Å². The second-order valence-corrected chi connectivity index (χ2v) is 7.49. The number of nitrogens with one attached hydrogen (secondary N) is 2. The van der Waals surface area contributed by atoms with Crippen molar-refractivity contribution in [1.29, 1.82) is 0 Å². The summed E-state index contributed by atoms with van der Waals surface area (Å²) in [5.74, 6) is -0.205. The Morgan fingerprint density at radius 3 is 2.38 bits per heavy atom. The van der Waals surface area contributed by atoms with Gasteiger partial charge in [0.25, 0.3) is 0 Å². The van der Waals surface area contributed by atoms with Crippen LogP contribution in [0, 0.1) is 0 Å². The molecule has 1 saturated heterocycles. The predicted octanol–water partition coefficient (Wildman–Crippen LogP) is 3.06. The smallest absolute Gasteiger partial charge is 0.322 e. The molecule has 3 aromatic rings. The van der Waals surface area contributed by atoms with Crippen molar-refractivity contribution in [3.05, 3.63) is 59.3 Å². The quantitative estimate of drug-likeness (QED) is 0.628. The van der Waals surface area contributed by atoms with Gasteiger partial charge in [0, 0.05) is 22.4 Å². The van der Waals surface area contributed by atoms with E-state index in [1.807, 2.05) is 12.1 Å². The maximum atomic E-state index is 12.8. The van der Waals surface area contributed by atoms with Crippen molar-refractivity contribution in [1.82, 2.24) is 25.1 Å². The van der Waals surface area contributed by atoms with Gasteiger partial charge in [0.2, 0.25) is 5.91 Å². The number of anilines is 2. The molecule has 10 heteroatoms. The van der Waals surface area contributed by atoms with Gasteiger partial charge in [-0.1, -0.05) is 15.9 Å². The average molecular weight is 456 g/mol. The third-order valence-electron chi connectivity index (χ3n) is 4.66. The zero-order valence-corrected chi connectivity index (χ0v) is 16.9. The van der Waals surface area contributed by atoms with Gasteiger partial charge in [-0.25, -0.2) is 9.48 Å². The number of carbonyl (C=O) groups is 2. The summed E-state index contributed by atoms with van der Waals surface area (Å²) in [6.07, 6.45) is 2.90. The SMILES string of the molecule is O=C(Nc1ccc(-n2cnnn2)cc1)[C@H]1CCCN1C(=O)Nc1ccc(Br)cc1. The molecule has 1 aliphatic rings. The summed E-state index contributed by atoms with van der Waals surface area (Å²) in [4.78, 5) is 27.0. The van der Waals surface area contributed by atoms with Gasteiger partial charge in [0.05, 0.1) is 5.69 Å². The maximum absolute atomic E-state index is 12.8. The van der Waals surface area contributed by atoms with Crippen molar-refractivity contribution in [2.24, 2.45) is 0 Å². The number of benzene rings is 2. The minimum Gasteiger partial charge on any atom is -0.324 e. The third kappa shape index (κ3) is 4.43. The zero-order valence-electron chi connectivity index (χ0n) is 15.3. The van der Waals surface area contributed by atoms with Crippen LogP contribution in [0.5, 0.6) is 0 Å². The third-order valence-corrected chi connectivity index (χ3v) is 5.19. The lowest BCUT2D eigenvalue weighted by atomic mass is 10.2. The highest BCUT2D eigenvalue weighted by molar-refractivity contribution is 9.10. The van der Waals surface area contributed by atoms with Crippen molar-refractivity contribution in [2.75, 3.05) is 17.2 Å². The molecule has 1 aromatic heterocycles. The van der Waals surface area contributed by atoms with Crippen LogP contribution in [0.2, 0.25) is 0 Å². The van der Waals surface area contributed by atoms with E-state index in [1.165, 1.54) is 11.0 Å². The first-order valence-electron chi connectivity index (χ1n) is 9.07. The number of carbonyl (C=O) groups excluding carboxylic acids is 2. The van der Waals surface area contributed by atoms with Gasteiger partial charge in [-0.15, -0.1) is 5.10 Å². The Kier molecular flexibility index (Phi) is 5.52. The Bertz CT molecular complexity index is 990. The first-order valence-corrected chi connectivity index (χ1v) is 9.87. The Balaban J connectivity index is 1.39. The Labute approximate surface area is 175 Å². The summed E-state index contributed by atoms with van der Waals surface area (Å²) in [6, 6.07) is 13.7. The van der Waals surface area contributed by atoms with E-state index in [0.717, 1.165) is 16.6 Å². The van der Waals surface area contributed by atoms with E-state index < -0.39 is 6.04 Å². The van der Waals surface area contributed by atoms with E-state index in [0.29, 0.717) is 24.3 Å². The van der Waals surface area contributed by atoms with Crippen molar-refractivity contribution >= 4 is 39.2 Å². The molecule has 148 valence electrons. The summed E-state index contributed by atoms with van der Waals surface area (Å²) >= 11 is 3.37. The molecule has 0 unspecified atom stereocenters. The normalized spacial score (nSPS) is 15.9. The van der Waals surface area contributed by atoms with Crippen LogP contribution in [0.3, 0.4) is 0 Å². The molecule has 9 nitrogen and oxygen atoms in total. The predicted molar refractivity (Wildman–Crippen MR) is 111 cm³/mol. The van der Waals surface area contributed by atoms with E-state index in [2.05, 4.69) is 42.1 Å². The lowest BCUT2D eigenvalue weighted by Gasteiger charge is -2.24. The first-order chi connectivity index (χ1) is 14.1. The van der Waals surface area contributed by atoms with Crippen LogP contribution in [0.15, 0.2) is 59.3 Å². The Morgan fingerprint density at radius 2 is 1.69 bits per heavy atom. The Hall–Kier alpha value is -3.27. The van der Waals surface area contributed by atoms with E-state index in [-0.39, 0.29) is 11.9 Å². The monoisotopic (exact) mass is 455 g/mol. The molecule has 2 N–H and O–H groups in total. The fourth-order valence-electron chi connectivity index (χ4n) is 3.21. The van der Waals surface area contributed by atoms with Crippen LogP contribution >= 0.6 is 15.9 Å². The molecule has 0 saturated carbocycles. The lowest BCUT2D eigenvalue weighted by Crippen LogP contribution is -2.45. The number of likely N-dealkylation sites (tertiary alicyclic amines) is 1. The maximum Gasteiger partial charge on any atom is 0.322 e. The molecule has 4 rings (SSSR count). The number of tetrazole rings is 1. The summed E-state index contributed by atoms with van der Waals surface area (Å²) in [5.41, 5.74) is 2.11. The van der Waals surface area contributed by atoms with Crippen LogP contribution in [-0.2, 0) is 4.79 Å². The molecular formula is C19H18BrN7O2. The number of urea groups is 1. The van der Waals surface area contributed by atoms with E-state index in [4.69, 9.17) is 0 Å². The van der Waals surface area contributed by atoms with Crippen LogP contribution in [-0.4, -0.2) is 49.6 Å². The number of hydrogen-bond acceptors (Lipinski definition) is 5. The molecule has 2 heterocycles. The van der Waals surface area contributed by atoms with Crippen LogP contribution in [0.4, 0.5) is 16.2 Å². The van der Waals surface area contributed by atoms with Crippen LogP contribution in [0.1, 0.15) is 12.8 Å². The van der Waals surface area contributed by atoms with Gasteiger partial charge in [-0.05, 0) is 71.8 Å². The Morgan fingerprint density at radius 1 is 1.00 bits per heavy atom. The van der Waals surface area contributed by atoms with Gasteiger partial charge in [-0.2, -0.15) is 0 Å². The molecule has 29 heavy (non-hydrogen) atoms. The zero-order chi connectivity index (χ0) is 20.2. The average Bonchev–Trinajstić information content (AvgIpc) is 3.42. The number of nitrogens with zero attached hydrogens (tertiary/aromatic N) is 5. The molecule has 1 fully saturated rings. The summed E-state index contributed by atoms with van der Waals surface area (Å²) in [5, 5.41) is 16.8. The van der Waals surface area contributed by atoms with E-state index in [1.54, 1.807) is 41.3 Å². The molecule has 0 bridgehead atoms. The second kappa shape index (κ2) is 8.39. The lowest BCUT2D eigenvalue weighted by molar-refractivity contribution is -0.119. The van der Waals surface area contributed by atoms with Gasteiger partial charge in [0.15, 0.2) is 0 Å². The van der Waals surface area contributed by atoms with Crippen molar-refractivity contribution in [3.8, 4) is 5.69 Å². The minimum atomic E-state index is -0.510. The number of aromatic nitrogens is 4. The standard InChI is InChI=1S/C19H18BrN7O2/c20-13-3-5-15(6-4-13)23-19(29)26-11-1-2-17(26)18(28)22-14-7-9-16(10-8-14)27-12-21-24-25-27/h3-10,12,17H,1-2,11H2,(H,22,28)(H,23,29)/t17-/m1/s1. The highest BCUT2D eigenvalue weighted by atomic mass is 79.9. The van der Waals surface area contributed by atoms with Crippen LogP contribution in [0.25, 0.3) is 5.69 Å². The van der Waals surface area contributed by atoms with Crippen molar-refractivity contribution < 1.29 is 9.59 Å². The number of rotatable bonds is 4. The van der Waals surface area contributed by atoms with Gasteiger partial charge < -0.3 is 15.5 Å². The van der Waals surface area contributed by atoms with E-state index >= 15 is 0 Å². The second-order valence-electron chi connectivity index (χ2n) is 6.58. The first kappa shape index (κ1) is 19.1. The van der Waals surface area contributed by atoms with Crippen molar-refractivity contribution in [3.63, 3.8) is 0 Å². The molecular weight excluding hydrogens is 438 g/mol. The highest BCUT2D eigenvalue weighted by Gasteiger charge is 2.34. The topological polar surface area (TPSA) is 105 Å². The fourth-order valence-corrected chi connectivity index (χ4v) is 3.48. The number of hydrogen-bond donors (Lipinski definition) is 2. The molecule has 0 aliphatic carbocycles. The number of halogens is 1. The summed E-state index contributed by atoms with van der Waals surface area (Å²) < 4.78 is 2.46. The van der Waals surface area contributed by atoms with Gasteiger partial charge in [0.1, 0.15) is 12.4 Å². The molecule has 1 atom stereocenters. The summed E-state index contributed by atoms with van der Waals surface area (Å²) in [6.45, 7) is 0.540. The minimum absolute atomic E-state index is 0.205. The molecule has 1 aliphatic heterocycles. The molecule has 0 spiro atoms. The molecule has 2 aromatic carbocycles. The van der Waals surface area contributed by atoms with E-state index in [9.17, 15) is 9.59 Å². The van der Waals surface area contributed by atoms with Crippen LogP contribution < -0.4 is 10.6 Å². The number of amides is 3. The van der Waals surface area contributed by atoms with Gasteiger partial charge in [-0.3, -0.25) is 4.79 Å². The van der Waals surface area contributed by atoms with Gasteiger partial charge >= 0.3 is 6.03 Å². The summed E-state index contributed by atoms with van der Waals surface area (Å²) in [7, 11) is 0.